The zero-order chi connectivity index (χ0) is 50.0. The molecule has 0 saturated heterocycles. The summed E-state index contributed by atoms with van der Waals surface area (Å²) in [7, 11) is 0. The van der Waals surface area contributed by atoms with Crippen LogP contribution in [0.5, 0.6) is 0 Å². The highest BCUT2D eigenvalue weighted by atomic mass is 16.6. The number of carbonyl (C=O) groups excluding carboxylic acids is 3. The first-order chi connectivity index (χ1) is 34.0. The topological polar surface area (TPSA) is 78.9 Å². The third kappa shape index (κ3) is 54.9. The maximum absolute atomic E-state index is 12.7. The fourth-order valence-electron chi connectivity index (χ4n) is 7.51. The lowest BCUT2D eigenvalue weighted by Crippen LogP contribution is -2.30. The zero-order valence-corrected chi connectivity index (χ0v) is 44.8. The highest BCUT2D eigenvalue weighted by Crippen LogP contribution is 2.14. The van der Waals surface area contributed by atoms with Crippen LogP contribution in [0.15, 0.2) is 109 Å². The molecule has 0 saturated carbocycles. The van der Waals surface area contributed by atoms with E-state index in [1.165, 1.54) is 77.0 Å². The van der Waals surface area contributed by atoms with Crippen LogP contribution in [0.25, 0.3) is 0 Å². The maximum atomic E-state index is 12.7. The zero-order valence-electron chi connectivity index (χ0n) is 44.8. The molecule has 392 valence electrons. The Morgan fingerprint density at radius 2 is 0.565 bits per heavy atom. The van der Waals surface area contributed by atoms with Gasteiger partial charge < -0.3 is 14.2 Å². The first kappa shape index (κ1) is 65.1. The smallest absolute Gasteiger partial charge is 0.306 e. The first-order valence-electron chi connectivity index (χ1n) is 28.4. The van der Waals surface area contributed by atoms with Crippen molar-refractivity contribution in [2.75, 3.05) is 13.2 Å². The van der Waals surface area contributed by atoms with E-state index >= 15 is 0 Å². The van der Waals surface area contributed by atoms with Crippen LogP contribution in [-0.4, -0.2) is 37.2 Å². The van der Waals surface area contributed by atoms with Gasteiger partial charge in [-0.1, -0.05) is 233 Å². The van der Waals surface area contributed by atoms with Crippen molar-refractivity contribution in [3.63, 3.8) is 0 Å². The Bertz CT molecular complexity index is 1420. The molecule has 0 aliphatic heterocycles. The molecule has 0 radical (unpaired) electrons. The van der Waals surface area contributed by atoms with Crippen LogP contribution in [0.2, 0.25) is 0 Å². The van der Waals surface area contributed by atoms with Gasteiger partial charge in [-0.05, 0) is 109 Å². The molecule has 0 aromatic rings. The number of hydrogen-bond donors (Lipinski definition) is 0. The second-order valence-electron chi connectivity index (χ2n) is 18.5. The minimum absolute atomic E-state index is 0.0844. The third-order valence-electron chi connectivity index (χ3n) is 11.8. The van der Waals surface area contributed by atoms with Gasteiger partial charge in [-0.15, -0.1) is 0 Å². The van der Waals surface area contributed by atoms with Gasteiger partial charge in [0.25, 0.3) is 0 Å². The molecule has 6 heteroatoms. The summed E-state index contributed by atoms with van der Waals surface area (Å²) < 4.78 is 16.7. The second-order valence-corrected chi connectivity index (χ2v) is 18.5. The number of rotatable bonds is 50. The summed E-state index contributed by atoms with van der Waals surface area (Å²) >= 11 is 0. The van der Waals surface area contributed by atoms with Crippen molar-refractivity contribution in [1.29, 1.82) is 0 Å². The number of allylic oxidation sites excluding steroid dienone is 18. The Balaban J connectivity index is 4.06. The van der Waals surface area contributed by atoms with Crippen molar-refractivity contribution in [2.24, 2.45) is 0 Å². The molecule has 0 bridgehead atoms. The molecule has 0 rings (SSSR count). The Labute approximate surface area is 425 Å². The molecule has 0 amide bonds. The monoisotopic (exact) mass is 957 g/mol. The molecular formula is C63H104O6. The van der Waals surface area contributed by atoms with Crippen LogP contribution in [0.4, 0.5) is 0 Å². The van der Waals surface area contributed by atoms with E-state index in [4.69, 9.17) is 14.2 Å². The van der Waals surface area contributed by atoms with Crippen LogP contribution < -0.4 is 0 Å². The second kappa shape index (κ2) is 56.7. The maximum Gasteiger partial charge on any atom is 0.306 e. The van der Waals surface area contributed by atoms with Crippen molar-refractivity contribution in [2.45, 2.75) is 258 Å². The molecule has 0 aromatic carbocycles. The Morgan fingerprint density at radius 3 is 0.913 bits per heavy atom. The molecule has 0 aliphatic carbocycles. The average molecular weight is 958 g/mol. The summed E-state index contributed by atoms with van der Waals surface area (Å²) in [5.41, 5.74) is 0. The summed E-state index contributed by atoms with van der Waals surface area (Å²) in [6.45, 7) is 6.40. The molecule has 0 fully saturated rings. The lowest BCUT2D eigenvalue weighted by atomic mass is 10.1. The number of hydrogen-bond acceptors (Lipinski definition) is 6. The van der Waals surface area contributed by atoms with Gasteiger partial charge in [0.15, 0.2) is 6.10 Å². The van der Waals surface area contributed by atoms with Crippen molar-refractivity contribution in [3.05, 3.63) is 109 Å². The van der Waals surface area contributed by atoms with Gasteiger partial charge in [0, 0.05) is 19.3 Å². The number of carbonyl (C=O) groups is 3. The Morgan fingerprint density at radius 1 is 0.304 bits per heavy atom. The molecule has 1 unspecified atom stereocenters. The molecule has 0 aliphatic rings. The van der Waals surface area contributed by atoms with Crippen molar-refractivity contribution < 1.29 is 28.6 Å². The Hall–Kier alpha value is -3.93. The van der Waals surface area contributed by atoms with Gasteiger partial charge in [-0.25, -0.2) is 0 Å². The quantitative estimate of drug-likeness (QED) is 0.0262. The van der Waals surface area contributed by atoms with Gasteiger partial charge in [0.05, 0.1) is 0 Å². The molecule has 69 heavy (non-hydrogen) atoms. The minimum atomic E-state index is -0.781. The van der Waals surface area contributed by atoms with E-state index in [-0.39, 0.29) is 31.1 Å². The summed E-state index contributed by atoms with van der Waals surface area (Å²) in [5, 5.41) is 0. The SMILES string of the molecule is CC/C=C\C/C=C\C/C=C\C/C=C\C/C=C\C/C=C\C/C=C\C/C=C\CCCCCCCCCCC(=O)OCC(COC(=O)CCCCCCC)OC(=O)CCCCCCC/C=C\CCCCCC. The first-order valence-corrected chi connectivity index (χ1v) is 28.4. The van der Waals surface area contributed by atoms with Gasteiger partial charge in [-0.3, -0.25) is 14.4 Å². The van der Waals surface area contributed by atoms with Crippen molar-refractivity contribution in [1.82, 2.24) is 0 Å². The highest BCUT2D eigenvalue weighted by molar-refractivity contribution is 5.71. The predicted octanol–water partition coefficient (Wildman–Crippen LogP) is 19.1. The van der Waals surface area contributed by atoms with Crippen LogP contribution >= 0.6 is 0 Å². The van der Waals surface area contributed by atoms with Gasteiger partial charge >= 0.3 is 17.9 Å². The molecular weight excluding hydrogens is 853 g/mol. The normalized spacial score (nSPS) is 12.9. The van der Waals surface area contributed by atoms with E-state index in [0.29, 0.717) is 19.3 Å². The van der Waals surface area contributed by atoms with E-state index in [2.05, 4.69) is 130 Å². The summed E-state index contributed by atoms with van der Waals surface area (Å²) in [5.74, 6) is -0.918. The van der Waals surface area contributed by atoms with Crippen LogP contribution in [-0.2, 0) is 28.6 Å². The molecule has 0 spiro atoms. The number of esters is 3. The standard InChI is InChI=1S/C63H104O6/c1-4-7-10-13-15-17-19-21-22-23-24-25-26-27-28-29-30-31-32-33-34-35-36-37-38-39-40-42-43-45-47-50-53-56-62(65)68-59-60(58-67-61(64)55-52-49-12-9-6-3)69-63(66)57-54-51-48-46-44-41-20-18-16-14-11-8-5-2/h7,10,15,17-18,20-22,24-25,27-28,30-31,33-34,36-37,60H,4-6,8-9,11-14,16,19,23,26,29,32,35,38-59H2,1-3H3/b10-7-,17-15-,20-18-,22-21-,25-24-,28-27-,31-30-,34-33-,37-36-. The van der Waals surface area contributed by atoms with E-state index in [1.54, 1.807) is 0 Å². The minimum Gasteiger partial charge on any atom is -0.462 e. The van der Waals surface area contributed by atoms with E-state index in [0.717, 1.165) is 135 Å². The molecule has 1 atom stereocenters. The van der Waals surface area contributed by atoms with E-state index in [9.17, 15) is 14.4 Å². The summed E-state index contributed by atoms with van der Waals surface area (Å²) in [6.07, 6.45) is 77.0. The number of ether oxygens (including phenoxy) is 3. The predicted molar refractivity (Wildman–Crippen MR) is 297 cm³/mol. The van der Waals surface area contributed by atoms with Crippen molar-refractivity contribution in [3.8, 4) is 0 Å². The molecule has 0 aromatic heterocycles. The average Bonchev–Trinajstić information content (AvgIpc) is 3.35. The summed E-state index contributed by atoms with van der Waals surface area (Å²) in [6, 6.07) is 0. The fourth-order valence-corrected chi connectivity index (χ4v) is 7.51. The van der Waals surface area contributed by atoms with Gasteiger partial charge in [0.2, 0.25) is 0 Å². The fraction of sp³-hybridized carbons (Fsp3) is 0.667. The number of unbranched alkanes of at least 4 members (excludes halogenated alkanes) is 21. The lowest BCUT2D eigenvalue weighted by Gasteiger charge is -2.18. The third-order valence-corrected chi connectivity index (χ3v) is 11.8. The highest BCUT2D eigenvalue weighted by Gasteiger charge is 2.19. The molecule has 6 nitrogen and oxygen atoms in total. The van der Waals surface area contributed by atoms with Crippen LogP contribution in [0.1, 0.15) is 252 Å². The largest absolute Gasteiger partial charge is 0.462 e. The van der Waals surface area contributed by atoms with Crippen LogP contribution in [0.3, 0.4) is 0 Å². The lowest BCUT2D eigenvalue weighted by molar-refractivity contribution is -0.167. The van der Waals surface area contributed by atoms with Gasteiger partial charge in [0.1, 0.15) is 13.2 Å². The van der Waals surface area contributed by atoms with Crippen LogP contribution in [0, 0.1) is 0 Å². The molecule has 0 N–H and O–H groups in total. The summed E-state index contributed by atoms with van der Waals surface area (Å²) in [4.78, 5) is 37.7. The Kier molecular flexibility index (Phi) is 53.4. The van der Waals surface area contributed by atoms with E-state index in [1.807, 2.05) is 0 Å². The molecule has 0 heterocycles. The van der Waals surface area contributed by atoms with E-state index < -0.39 is 6.10 Å². The van der Waals surface area contributed by atoms with Crippen molar-refractivity contribution >= 4 is 17.9 Å². The van der Waals surface area contributed by atoms with Gasteiger partial charge in [-0.2, -0.15) is 0 Å².